The largest absolute Gasteiger partial charge is 0.489 e. The van der Waals surface area contributed by atoms with Crippen LogP contribution in [0.15, 0.2) is 12.1 Å². The predicted octanol–water partition coefficient (Wildman–Crippen LogP) is 1.64. The molecule has 0 bridgehead atoms. The van der Waals surface area contributed by atoms with Gasteiger partial charge in [0.05, 0.1) is 16.1 Å². The van der Waals surface area contributed by atoms with Crippen LogP contribution >= 0.6 is 11.3 Å². The summed E-state index contributed by atoms with van der Waals surface area (Å²) < 4.78 is 34.2. The molecular formula is C19H17F2N3O4S. The second-order valence-electron chi connectivity index (χ2n) is 6.23. The van der Waals surface area contributed by atoms with E-state index in [9.17, 15) is 23.5 Å². The van der Waals surface area contributed by atoms with Crippen LogP contribution in [0, 0.1) is 17.7 Å². The lowest BCUT2D eigenvalue weighted by molar-refractivity contribution is -0.135. The van der Waals surface area contributed by atoms with E-state index in [1.165, 1.54) is 18.0 Å². The average molecular weight is 421 g/mol. The molecule has 1 aromatic carbocycles. The molecular weight excluding hydrogens is 404 g/mol. The third kappa shape index (κ3) is 4.06. The standard InChI is InChI=1S/C19H17F2N3O4S/c1-3-24(2)19(27)13(25)5-4-9-6-10-14(7-11(9)20)28-8-12(21)16-15(10)23-18(29-16)17(22)26/h6-7,12-13,25H,3,8H2,1-2H3,(H2,22,26). The molecule has 7 nitrogen and oxygen atoms in total. The summed E-state index contributed by atoms with van der Waals surface area (Å²) in [5, 5.41) is 9.81. The number of carbonyl (C=O) groups is 2. The number of nitrogens with two attached hydrogens (primary N) is 1. The van der Waals surface area contributed by atoms with Crippen molar-refractivity contribution in [1.29, 1.82) is 0 Å². The Kier molecular flexibility index (Phi) is 5.81. The van der Waals surface area contributed by atoms with Crippen LogP contribution in [0.25, 0.3) is 11.3 Å². The van der Waals surface area contributed by atoms with Crippen molar-refractivity contribution in [3.63, 3.8) is 0 Å². The van der Waals surface area contributed by atoms with Crippen LogP contribution in [-0.4, -0.2) is 53.1 Å². The van der Waals surface area contributed by atoms with E-state index in [2.05, 4.69) is 16.8 Å². The SMILES string of the molecule is CCN(C)C(=O)C(O)C#Cc1cc2c(cc1F)OCC(F)c1sc(C(N)=O)nc1-2. The number of amides is 2. The summed E-state index contributed by atoms with van der Waals surface area (Å²) >= 11 is 0.806. The molecule has 0 fully saturated rings. The van der Waals surface area contributed by atoms with Crippen molar-refractivity contribution in [3.8, 4) is 28.8 Å². The van der Waals surface area contributed by atoms with Crippen molar-refractivity contribution in [2.45, 2.75) is 19.2 Å². The van der Waals surface area contributed by atoms with E-state index in [4.69, 9.17) is 10.5 Å². The van der Waals surface area contributed by atoms with Crippen LogP contribution in [-0.2, 0) is 4.79 Å². The molecule has 0 saturated carbocycles. The number of nitrogens with zero attached hydrogens (tertiary/aromatic N) is 2. The van der Waals surface area contributed by atoms with Crippen LogP contribution in [0.2, 0.25) is 0 Å². The number of carbonyl (C=O) groups excluding carboxylic acids is 2. The molecule has 2 aromatic rings. The molecule has 29 heavy (non-hydrogen) atoms. The van der Waals surface area contributed by atoms with Gasteiger partial charge in [0.25, 0.3) is 11.8 Å². The maximum atomic E-state index is 14.4. The maximum absolute atomic E-state index is 14.4. The highest BCUT2D eigenvalue weighted by Crippen LogP contribution is 2.43. The number of hydrogen-bond acceptors (Lipinski definition) is 6. The number of aliphatic hydroxyl groups excluding tert-OH is 1. The Labute approximate surface area is 169 Å². The van der Waals surface area contributed by atoms with Gasteiger partial charge in [-0.3, -0.25) is 9.59 Å². The number of aromatic nitrogens is 1. The number of halogens is 2. The molecule has 1 aliphatic heterocycles. The van der Waals surface area contributed by atoms with E-state index in [0.717, 1.165) is 17.4 Å². The molecule has 152 valence electrons. The number of rotatable bonds is 3. The van der Waals surface area contributed by atoms with Crippen molar-refractivity contribution < 1.29 is 28.2 Å². The van der Waals surface area contributed by atoms with Gasteiger partial charge in [-0.25, -0.2) is 13.8 Å². The molecule has 2 amide bonds. The zero-order valence-corrected chi connectivity index (χ0v) is 16.3. The molecule has 1 aromatic heterocycles. The first-order valence-corrected chi connectivity index (χ1v) is 9.40. The van der Waals surface area contributed by atoms with Crippen LogP contribution in [0.5, 0.6) is 5.75 Å². The minimum atomic E-state index is -1.62. The Bertz CT molecular complexity index is 1040. The molecule has 2 unspecified atom stereocenters. The number of primary amides is 1. The molecule has 0 radical (unpaired) electrons. The fourth-order valence-corrected chi connectivity index (χ4v) is 3.50. The van der Waals surface area contributed by atoms with Gasteiger partial charge in [0, 0.05) is 25.2 Å². The number of ether oxygens (including phenoxy) is 1. The summed E-state index contributed by atoms with van der Waals surface area (Å²) in [5.74, 6) is 2.57. The Balaban J connectivity index is 2.05. The predicted molar refractivity (Wildman–Crippen MR) is 102 cm³/mol. The number of fused-ring (bicyclic) bond motifs is 3. The van der Waals surface area contributed by atoms with Gasteiger partial charge in [0.2, 0.25) is 0 Å². The fourth-order valence-electron chi connectivity index (χ4n) is 2.61. The van der Waals surface area contributed by atoms with E-state index in [0.29, 0.717) is 6.54 Å². The number of likely N-dealkylation sites (N-methyl/N-ethyl adjacent to an activating group) is 1. The van der Waals surface area contributed by atoms with E-state index in [-0.39, 0.29) is 39.1 Å². The van der Waals surface area contributed by atoms with E-state index in [1.807, 2.05) is 0 Å². The molecule has 0 saturated heterocycles. The summed E-state index contributed by atoms with van der Waals surface area (Å²) in [6, 6.07) is 2.30. The van der Waals surface area contributed by atoms with E-state index < -0.39 is 29.9 Å². The van der Waals surface area contributed by atoms with Gasteiger partial charge in [0.1, 0.15) is 18.2 Å². The second kappa shape index (κ2) is 8.14. The monoisotopic (exact) mass is 421 g/mol. The number of benzene rings is 1. The van der Waals surface area contributed by atoms with Crippen molar-refractivity contribution in [1.82, 2.24) is 9.88 Å². The third-order valence-corrected chi connectivity index (χ3v) is 5.44. The van der Waals surface area contributed by atoms with Crippen molar-refractivity contribution in [2.24, 2.45) is 5.73 Å². The molecule has 1 aliphatic rings. The highest BCUT2D eigenvalue weighted by Gasteiger charge is 2.29. The van der Waals surface area contributed by atoms with Gasteiger partial charge >= 0.3 is 0 Å². The summed E-state index contributed by atoms with van der Waals surface area (Å²) in [7, 11) is 1.50. The lowest BCUT2D eigenvalue weighted by atomic mass is 10.0. The zero-order chi connectivity index (χ0) is 21.3. The first kappa shape index (κ1) is 20.7. The third-order valence-electron chi connectivity index (χ3n) is 4.29. The summed E-state index contributed by atoms with van der Waals surface area (Å²) in [4.78, 5) is 28.8. The zero-order valence-electron chi connectivity index (χ0n) is 15.5. The lowest BCUT2D eigenvalue weighted by Gasteiger charge is -2.15. The molecule has 0 aliphatic carbocycles. The molecule has 2 atom stereocenters. The minimum absolute atomic E-state index is 0.0399. The van der Waals surface area contributed by atoms with Gasteiger partial charge < -0.3 is 20.5 Å². The second-order valence-corrected chi connectivity index (χ2v) is 7.26. The minimum Gasteiger partial charge on any atom is -0.489 e. The number of thiazole rings is 1. The molecule has 3 rings (SSSR count). The Morgan fingerprint density at radius 3 is 2.90 bits per heavy atom. The number of alkyl halides is 1. The van der Waals surface area contributed by atoms with E-state index >= 15 is 0 Å². The molecule has 2 heterocycles. The Hall–Kier alpha value is -3.03. The smallest absolute Gasteiger partial charge is 0.277 e. The Morgan fingerprint density at radius 1 is 1.52 bits per heavy atom. The van der Waals surface area contributed by atoms with Gasteiger partial charge in [-0.05, 0) is 13.0 Å². The van der Waals surface area contributed by atoms with Crippen LogP contribution in [0.3, 0.4) is 0 Å². The van der Waals surface area contributed by atoms with Crippen LogP contribution < -0.4 is 10.5 Å². The number of aliphatic hydroxyl groups is 1. The highest BCUT2D eigenvalue weighted by atomic mass is 32.1. The maximum Gasteiger partial charge on any atom is 0.277 e. The lowest BCUT2D eigenvalue weighted by Crippen LogP contribution is -2.35. The molecule has 3 N–H and O–H groups in total. The van der Waals surface area contributed by atoms with Gasteiger partial charge in [-0.15, -0.1) is 11.3 Å². The number of hydrogen-bond donors (Lipinski definition) is 2. The van der Waals surface area contributed by atoms with Gasteiger partial charge in [-0.2, -0.15) is 0 Å². The topological polar surface area (TPSA) is 106 Å². The quantitative estimate of drug-likeness (QED) is 0.733. The first-order valence-electron chi connectivity index (χ1n) is 8.58. The van der Waals surface area contributed by atoms with E-state index in [1.54, 1.807) is 6.92 Å². The van der Waals surface area contributed by atoms with Crippen molar-refractivity contribution in [2.75, 3.05) is 20.2 Å². The summed E-state index contributed by atoms with van der Waals surface area (Å²) in [5.41, 5.74) is 5.45. The Morgan fingerprint density at radius 2 is 2.24 bits per heavy atom. The van der Waals surface area contributed by atoms with Gasteiger partial charge in [0.15, 0.2) is 17.3 Å². The van der Waals surface area contributed by atoms with Crippen molar-refractivity contribution in [3.05, 3.63) is 33.4 Å². The average Bonchev–Trinajstić information content (AvgIpc) is 3.10. The highest BCUT2D eigenvalue weighted by molar-refractivity contribution is 7.14. The molecule has 10 heteroatoms. The van der Waals surface area contributed by atoms with Crippen LogP contribution in [0.1, 0.15) is 33.3 Å². The molecule has 0 spiro atoms. The van der Waals surface area contributed by atoms with Crippen molar-refractivity contribution >= 4 is 23.2 Å². The van der Waals surface area contributed by atoms with Gasteiger partial charge in [-0.1, -0.05) is 11.8 Å². The normalized spacial score (nSPS) is 15.7. The van der Waals surface area contributed by atoms with Crippen LogP contribution in [0.4, 0.5) is 8.78 Å². The summed E-state index contributed by atoms with van der Waals surface area (Å²) in [6.07, 6.45) is -3.19. The summed E-state index contributed by atoms with van der Waals surface area (Å²) in [6.45, 7) is 1.73. The fraction of sp³-hybridized carbons (Fsp3) is 0.316. The first-order chi connectivity index (χ1) is 13.7.